The normalized spacial score (nSPS) is 15.4. The third-order valence-corrected chi connectivity index (χ3v) is 5.12. The zero-order valence-electron chi connectivity index (χ0n) is 14.6. The summed E-state index contributed by atoms with van der Waals surface area (Å²) >= 11 is 1.56. The minimum Gasteiger partial charge on any atom is -0.379 e. The van der Waals surface area contributed by atoms with Crippen molar-refractivity contribution in [3.63, 3.8) is 0 Å². The number of hydrogen-bond donors (Lipinski definition) is 2. The number of nitrogens with one attached hydrogen (secondary N) is 2. The number of thiazole rings is 1. The number of imidazole rings is 1. The van der Waals surface area contributed by atoms with E-state index in [0.717, 1.165) is 66.1 Å². The van der Waals surface area contributed by atoms with Crippen LogP contribution in [0.5, 0.6) is 0 Å². The Labute approximate surface area is 155 Å². The van der Waals surface area contributed by atoms with Crippen molar-refractivity contribution in [3.05, 3.63) is 40.1 Å². The molecule has 0 radical (unpaired) electrons. The zero-order valence-corrected chi connectivity index (χ0v) is 15.4. The SMILES string of the molecule is Cc1nc(CC(=O)Nc2ccc3nc(CN4CCOCC4)[nH]c3c2)cs1. The molecule has 3 heterocycles. The number of aromatic amines is 1. The van der Waals surface area contributed by atoms with Gasteiger partial charge in [-0.15, -0.1) is 11.3 Å². The smallest absolute Gasteiger partial charge is 0.230 e. The van der Waals surface area contributed by atoms with Crippen molar-refractivity contribution in [2.75, 3.05) is 31.6 Å². The second-order valence-electron chi connectivity index (χ2n) is 6.39. The fourth-order valence-electron chi connectivity index (χ4n) is 3.05. The standard InChI is InChI=1S/C18H21N5O2S/c1-12-19-14(11-26-12)9-18(24)20-13-2-3-15-16(8-13)22-17(21-15)10-23-4-6-25-7-5-23/h2-3,8,11H,4-7,9-10H2,1H3,(H,20,24)(H,21,22). The largest absolute Gasteiger partial charge is 0.379 e. The van der Waals surface area contributed by atoms with Gasteiger partial charge in [0.1, 0.15) is 5.82 Å². The molecule has 0 bridgehead atoms. The summed E-state index contributed by atoms with van der Waals surface area (Å²) in [7, 11) is 0. The second kappa shape index (κ2) is 7.53. The lowest BCUT2D eigenvalue weighted by Gasteiger charge is -2.25. The van der Waals surface area contributed by atoms with Gasteiger partial charge in [-0.25, -0.2) is 9.97 Å². The molecule has 0 atom stereocenters. The van der Waals surface area contributed by atoms with Crippen molar-refractivity contribution in [1.82, 2.24) is 19.9 Å². The Balaban J connectivity index is 1.42. The second-order valence-corrected chi connectivity index (χ2v) is 7.45. The molecule has 3 aromatic rings. The first-order valence-corrected chi connectivity index (χ1v) is 9.53. The average molecular weight is 371 g/mol. The number of nitrogens with zero attached hydrogens (tertiary/aromatic N) is 3. The van der Waals surface area contributed by atoms with Gasteiger partial charge in [0.05, 0.1) is 47.9 Å². The summed E-state index contributed by atoms with van der Waals surface area (Å²) in [4.78, 5) is 26.8. The van der Waals surface area contributed by atoms with Crippen LogP contribution in [0.25, 0.3) is 11.0 Å². The van der Waals surface area contributed by atoms with Gasteiger partial charge in [-0.05, 0) is 25.1 Å². The summed E-state index contributed by atoms with van der Waals surface area (Å²) in [5, 5.41) is 5.83. The molecule has 2 aromatic heterocycles. The zero-order chi connectivity index (χ0) is 17.9. The third kappa shape index (κ3) is 4.09. The van der Waals surface area contributed by atoms with Gasteiger partial charge in [-0.2, -0.15) is 0 Å². The van der Waals surface area contributed by atoms with Crippen LogP contribution >= 0.6 is 11.3 Å². The number of H-pyrrole nitrogens is 1. The number of carbonyl (C=O) groups excluding carboxylic acids is 1. The number of rotatable bonds is 5. The van der Waals surface area contributed by atoms with Crippen molar-refractivity contribution in [1.29, 1.82) is 0 Å². The third-order valence-electron chi connectivity index (χ3n) is 4.30. The molecule has 8 heteroatoms. The number of hydrogen-bond acceptors (Lipinski definition) is 6. The van der Waals surface area contributed by atoms with Crippen LogP contribution < -0.4 is 5.32 Å². The molecule has 1 amide bonds. The van der Waals surface area contributed by atoms with E-state index in [9.17, 15) is 4.79 Å². The minimum absolute atomic E-state index is 0.0669. The Morgan fingerprint density at radius 1 is 1.35 bits per heavy atom. The number of amides is 1. The number of ether oxygens (including phenoxy) is 1. The lowest BCUT2D eigenvalue weighted by Crippen LogP contribution is -2.35. The van der Waals surface area contributed by atoms with Crippen LogP contribution in [0.2, 0.25) is 0 Å². The topological polar surface area (TPSA) is 83.1 Å². The Morgan fingerprint density at radius 2 is 2.19 bits per heavy atom. The molecule has 1 aliphatic rings. The van der Waals surface area contributed by atoms with E-state index in [0.29, 0.717) is 0 Å². The van der Waals surface area contributed by atoms with Gasteiger partial charge >= 0.3 is 0 Å². The molecular formula is C18H21N5O2S. The predicted octanol–water partition coefficient (Wildman–Crippen LogP) is 2.34. The lowest BCUT2D eigenvalue weighted by atomic mass is 10.2. The highest BCUT2D eigenvalue weighted by atomic mass is 32.1. The average Bonchev–Trinajstić information content (AvgIpc) is 3.20. The van der Waals surface area contributed by atoms with Crippen molar-refractivity contribution in [3.8, 4) is 0 Å². The summed E-state index contributed by atoms with van der Waals surface area (Å²) in [5.74, 6) is 0.867. The Kier molecular flexibility index (Phi) is 4.96. The van der Waals surface area contributed by atoms with Gasteiger partial charge in [0, 0.05) is 24.2 Å². The molecule has 0 unspecified atom stereocenters. The predicted molar refractivity (Wildman–Crippen MR) is 101 cm³/mol. The molecule has 0 aliphatic carbocycles. The number of fused-ring (bicyclic) bond motifs is 1. The summed E-state index contributed by atoms with van der Waals surface area (Å²) in [5.41, 5.74) is 3.40. The van der Waals surface area contributed by atoms with Gasteiger partial charge in [-0.3, -0.25) is 9.69 Å². The Bertz CT molecular complexity index is 913. The van der Waals surface area contributed by atoms with E-state index in [-0.39, 0.29) is 12.3 Å². The van der Waals surface area contributed by atoms with Crippen molar-refractivity contribution in [2.24, 2.45) is 0 Å². The van der Waals surface area contributed by atoms with Crippen LogP contribution in [0.1, 0.15) is 16.5 Å². The van der Waals surface area contributed by atoms with E-state index in [1.165, 1.54) is 0 Å². The highest BCUT2D eigenvalue weighted by molar-refractivity contribution is 7.09. The van der Waals surface area contributed by atoms with Crippen molar-refractivity contribution < 1.29 is 9.53 Å². The fraction of sp³-hybridized carbons (Fsp3) is 0.389. The molecule has 26 heavy (non-hydrogen) atoms. The number of aromatic nitrogens is 3. The van der Waals surface area contributed by atoms with Gasteiger partial charge in [-0.1, -0.05) is 0 Å². The van der Waals surface area contributed by atoms with Crippen LogP contribution in [0.3, 0.4) is 0 Å². The lowest BCUT2D eigenvalue weighted by molar-refractivity contribution is -0.115. The maximum Gasteiger partial charge on any atom is 0.230 e. The first-order chi connectivity index (χ1) is 12.7. The maximum atomic E-state index is 12.2. The van der Waals surface area contributed by atoms with Crippen LogP contribution in [0.4, 0.5) is 5.69 Å². The van der Waals surface area contributed by atoms with Crippen LogP contribution in [0, 0.1) is 6.92 Å². The maximum absolute atomic E-state index is 12.2. The number of aryl methyl sites for hydroxylation is 1. The Hall–Kier alpha value is -2.29. The summed E-state index contributed by atoms with van der Waals surface area (Å²) in [6.45, 7) is 6.11. The highest BCUT2D eigenvalue weighted by Crippen LogP contribution is 2.19. The first-order valence-electron chi connectivity index (χ1n) is 8.65. The van der Waals surface area contributed by atoms with Gasteiger partial charge in [0.2, 0.25) is 5.91 Å². The minimum atomic E-state index is -0.0669. The number of benzene rings is 1. The van der Waals surface area contributed by atoms with Crippen molar-refractivity contribution >= 4 is 34.0 Å². The molecule has 0 saturated carbocycles. The van der Waals surface area contributed by atoms with E-state index < -0.39 is 0 Å². The van der Waals surface area contributed by atoms with E-state index >= 15 is 0 Å². The van der Waals surface area contributed by atoms with Gasteiger partial charge in [0.15, 0.2) is 0 Å². The van der Waals surface area contributed by atoms with E-state index in [4.69, 9.17) is 4.74 Å². The first kappa shape index (κ1) is 17.1. The molecular weight excluding hydrogens is 350 g/mol. The van der Waals surface area contributed by atoms with Crippen LogP contribution in [-0.4, -0.2) is 52.1 Å². The fourth-order valence-corrected chi connectivity index (χ4v) is 3.66. The van der Waals surface area contributed by atoms with Crippen LogP contribution in [0.15, 0.2) is 23.6 Å². The highest BCUT2D eigenvalue weighted by Gasteiger charge is 2.13. The van der Waals surface area contributed by atoms with Gasteiger partial charge in [0.25, 0.3) is 0 Å². The molecule has 0 spiro atoms. The number of carbonyl (C=O) groups is 1. The number of anilines is 1. The Morgan fingerprint density at radius 3 is 2.96 bits per heavy atom. The summed E-state index contributed by atoms with van der Waals surface area (Å²) in [6, 6.07) is 5.73. The summed E-state index contributed by atoms with van der Waals surface area (Å²) in [6.07, 6.45) is 0.285. The molecule has 136 valence electrons. The van der Waals surface area contributed by atoms with E-state index in [1.54, 1.807) is 11.3 Å². The monoisotopic (exact) mass is 371 g/mol. The molecule has 7 nitrogen and oxygen atoms in total. The quantitative estimate of drug-likeness (QED) is 0.719. The number of morpholine rings is 1. The molecule has 1 aromatic carbocycles. The van der Waals surface area contributed by atoms with Crippen LogP contribution in [-0.2, 0) is 22.5 Å². The molecule has 1 saturated heterocycles. The van der Waals surface area contributed by atoms with E-state index in [1.807, 2.05) is 30.5 Å². The van der Waals surface area contributed by atoms with E-state index in [2.05, 4.69) is 25.2 Å². The molecule has 1 fully saturated rings. The molecule has 4 rings (SSSR count). The van der Waals surface area contributed by atoms with Crippen molar-refractivity contribution in [2.45, 2.75) is 19.9 Å². The summed E-state index contributed by atoms with van der Waals surface area (Å²) < 4.78 is 5.38. The molecule has 1 aliphatic heterocycles. The molecule has 2 N–H and O–H groups in total. The van der Waals surface area contributed by atoms with Gasteiger partial charge < -0.3 is 15.0 Å².